The molecule has 0 spiro atoms. The van der Waals surface area contributed by atoms with Crippen LogP contribution in [0.15, 0.2) is 48.5 Å². The molecule has 0 saturated carbocycles. The van der Waals surface area contributed by atoms with Crippen LogP contribution >= 0.6 is 12.2 Å². The number of nitrogens with two attached hydrogens (primary N) is 1. The molecule has 3 N–H and O–H groups in total. The van der Waals surface area contributed by atoms with E-state index in [-0.39, 0.29) is 0 Å². The molecule has 0 aliphatic carbocycles. The zero-order chi connectivity index (χ0) is 13.7. The van der Waals surface area contributed by atoms with E-state index >= 15 is 0 Å². The number of rotatable bonds is 5. The second-order valence-corrected chi connectivity index (χ2v) is 5.02. The van der Waals surface area contributed by atoms with E-state index in [0.29, 0.717) is 4.99 Å². The van der Waals surface area contributed by atoms with Gasteiger partial charge in [-0.15, -0.1) is 0 Å². The van der Waals surface area contributed by atoms with Gasteiger partial charge in [-0.25, -0.2) is 0 Å². The summed E-state index contributed by atoms with van der Waals surface area (Å²) in [7, 11) is 0. The first-order valence-corrected chi connectivity index (χ1v) is 6.76. The van der Waals surface area contributed by atoms with Gasteiger partial charge in [0.1, 0.15) is 4.99 Å². The molecule has 98 valence electrons. The molecule has 0 atom stereocenters. The normalized spacial score (nSPS) is 10.2. The fraction of sp³-hybridized carbons (Fsp3) is 0.188. The maximum Gasteiger partial charge on any atom is 0.106 e. The lowest BCUT2D eigenvalue weighted by Gasteiger charge is -2.11. The van der Waals surface area contributed by atoms with Gasteiger partial charge in [-0.1, -0.05) is 54.2 Å². The van der Waals surface area contributed by atoms with Crippen LogP contribution in [0.2, 0.25) is 0 Å². The van der Waals surface area contributed by atoms with Gasteiger partial charge in [0.05, 0.1) is 0 Å². The van der Waals surface area contributed by atoms with Gasteiger partial charge in [-0.05, 0) is 31.0 Å². The van der Waals surface area contributed by atoms with Gasteiger partial charge in [-0.3, -0.25) is 0 Å². The second kappa shape index (κ2) is 6.34. The molecule has 3 heteroatoms. The van der Waals surface area contributed by atoms with Crippen molar-refractivity contribution in [3.63, 3.8) is 0 Å². The lowest BCUT2D eigenvalue weighted by atomic mass is 10.1. The van der Waals surface area contributed by atoms with Gasteiger partial charge in [0.15, 0.2) is 0 Å². The lowest BCUT2D eigenvalue weighted by molar-refractivity contribution is 1.02. The van der Waals surface area contributed by atoms with E-state index in [9.17, 15) is 0 Å². The zero-order valence-electron chi connectivity index (χ0n) is 11.0. The molecule has 2 aromatic carbocycles. The van der Waals surface area contributed by atoms with Crippen LogP contribution in [-0.4, -0.2) is 11.5 Å². The number of para-hydroxylation sites is 1. The third kappa shape index (κ3) is 3.80. The number of benzene rings is 2. The average Bonchev–Trinajstić information content (AvgIpc) is 2.39. The largest absolute Gasteiger partial charge is 0.389 e. The first-order valence-electron chi connectivity index (χ1n) is 6.35. The monoisotopic (exact) mass is 270 g/mol. The molecule has 0 saturated heterocycles. The molecule has 19 heavy (non-hydrogen) atoms. The first-order chi connectivity index (χ1) is 9.16. The quantitative estimate of drug-likeness (QED) is 0.819. The molecule has 0 aliphatic heterocycles. The third-order valence-electron chi connectivity index (χ3n) is 3.00. The molecular formula is C16H18N2S. The summed E-state index contributed by atoms with van der Waals surface area (Å²) in [5, 5.41) is 3.40. The minimum absolute atomic E-state index is 0.429. The van der Waals surface area contributed by atoms with Crippen molar-refractivity contribution in [1.82, 2.24) is 0 Å². The van der Waals surface area contributed by atoms with E-state index in [0.717, 1.165) is 24.2 Å². The minimum atomic E-state index is 0.429. The van der Waals surface area contributed by atoms with E-state index in [1.165, 1.54) is 11.1 Å². The molecule has 0 heterocycles. The molecule has 0 aromatic heterocycles. The predicted octanol–water partition coefficient (Wildman–Crippen LogP) is 3.28. The number of anilines is 1. The summed E-state index contributed by atoms with van der Waals surface area (Å²) in [4.78, 5) is 0.429. The van der Waals surface area contributed by atoms with Gasteiger partial charge >= 0.3 is 0 Å². The summed E-state index contributed by atoms with van der Waals surface area (Å²) in [5.74, 6) is 0. The highest BCUT2D eigenvalue weighted by Crippen LogP contribution is 2.15. The van der Waals surface area contributed by atoms with Crippen LogP contribution in [0.1, 0.15) is 16.7 Å². The molecule has 0 unspecified atom stereocenters. The molecule has 2 rings (SSSR count). The predicted molar refractivity (Wildman–Crippen MR) is 85.7 cm³/mol. The molecular weight excluding hydrogens is 252 g/mol. The third-order valence-corrected chi connectivity index (χ3v) is 3.22. The van der Waals surface area contributed by atoms with E-state index in [2.05, 4.69) is 36.5 Å². The summed E-state index contributed by atoms with van der Waals surface area (Å²) in [6.45, 7) is 2.97. The van der Waals surface area contributed by atoms with Crippen molar-refractivity contribution in [2.75, 3.05) is 11.9 Å². The van der Waals surface area contributed by atoms with Crippen LogP contribution in [-0.2, 0) is 6.42 Å². The van der Waals surface area contributed by atoms with Crippen LogP contribution in [0.25, 0.3) is 0 Å². The number of hydrogen-bond donors (Lipinski definition) is 2. The SMILES string of the molecule is Cc1cccc(CCNc2ccccc2C(N)=S)c1. The molecule has 0 radical (unpaired) electrons. The van der Waals surface area contributed by atoms with Crippen molar-refractivity contribution in [2.45, 2.75) is 13.3 Å². The Hall–Kier alpha value is -1.87. The highest BCUT2D eigenvalue weighted by Gasteiger charge is 2.03. The maximum absolute atomic E-state index is 5.71. The summed E-state index contributed by atoms with van der Waals surface area (Å²) in [6.07, 6.45) is 0.980. The van der Waals surface area contributed by atoms with Crippen molar-refractivity contribution >= 4 is 22.9 Å². The summed E-state index contributed by atoms with van der Waals surface area (Å²) in [6, 6.07) is 16.4. The minimum Gasteiger partial charge on any atom is -0.389 e. The molecule has 0 aliphatic rings. The van der Waals surface area contributed by atoms with Crippen molar-refractivity contribution in [2.24, 2.45) is 5.73 Å². The second-order valence-electron chi connectivity index (χ2n) is 4.58. The Balaban J connectivity index is 1.98. The van der Waals surface area contributed by atoms with Gasteiger partial charge in [-0.2, -0.15) is 0 Å². The van der Waals surface area contributed by atoms with Crippen LogP contribution < -0.4 is 11.1 Å². The van der Waals surface area contributed by atoms with Crippen LogP contribution in [0.3, 0.4) is 0 Å². The van der Waals surface area contributed by atoms with Crippen molar-refractivity contribution in [3.8, 4) is 0 Å². The van der Waals surface area contributed by atoms with Crippen LogP contribution in [0.5, 0.6) is 0 Å². The van der Waals surface area contributed by atoms with Crippen molar-refractivity contribution in [1.29, 1.82) is 0 Å². The highest BCUT2D eigenvalue weighted by atomic mass is 32.1. The van der Waals surface area contributed by atoms with Gasteiger partial charge in [0.25, 0.3) is 0 Å². The highest BCUT2D eigenvalue weighted by molar-refractivity contribution is 7.80. The lowest BCUT2D eigenvalue weighted by Crippen LogP contribution is -2.14. The Morgan fingerprint density at radius 3 is 2.68 bits per heavy atom. The molecule has 0 bridgehead atoms. The van der Waals surface area contributed by atoms with Crippen LogP contribution in [0.4, 0.5) is 5.69 Å². The summed E-state index contributed by atoms with van der Waals surface area (Å²) in [5.41, 5.74) is 10.2. The van der Waals surface area contributed by atoms with E-state index in [1.54, 1.807) is 0 Å². The number of nitrogens with one attached hydrogen (secondary N) is 1. The molecule has 2 nitrogen and oxygen atoms in total. The van der Waals surface area contributed by atoms with Crippen LogP contribution in [0, 0.1) is 6.92 Å². The van der Waals surface area contributed by atoms with Gasteiger partial charge in [0, 0.05) is 17.8 Å². The first kappa shape index (κ1) is 13.6. The Bertz CT molecular complexity index is 578. The van der Waals surface area contributed by atoms with E-state index in [1.807, 2.05) is 24.3 Å². The van der Waals surface area contributed by atoms with Crippen molar-refractivity contribution < 1.29 is 0 Å². The van der Waals surface area contributed by atoms with E-state index in [4.69, 9.17) is 18.0 Å². The Labute approximate surface area is 119 Å². The molecule has 0 amide bonds. The topological polar surface area (TPSA) is 38.0 Å². The maximum atomic E-state index is 5.71. The fourth-order valence-electron chi connectivity index (χ4n) is 2.06. The van der Waals surface area contributed by atoms with Gasteiger partial charge < -0.3 is 11.1 Å². The number of aryl methyl sites for hydroxylation is 1. The summed E-state index contributed by atoms with van der Waals surface area (Å²) >= 11 is 5.05. The van der Waals surface area contributed by atoms with E-state index < -0.39 is 0 Å². The Morgan fingerprint density at radius 1 is 1.16 bits per heavy atom. The molecule has 0 fully saturated rings. The zero-order valence-corrected chi connectivity index (χ0v) is 11.8. The van der Waals surface area contributed by atoms with Gasteiger partial charge in [0.2, 0.25) is 0 Å². The fourth-order valence-corrected chi connectivity index (χ4v) is 2.24. The Kier molecular flexibility index (Phi) is 4.53. The van der Waals surface area contributed by atoms with Crippen molar-refractivity contribution in [3.05, 3.63) is 65.2 Å². The molecule has 2 aromatic rings. The standard InChI is InChI=1S/C16H18N2S/c1-12-5-4-6-13(11-12)9-10-18-15-8-3-2-7-14(15)16(17)19/h2-8,11,18H,9-10H2,1H3,(H2,17,19). The smallest absolute Gasteiger partial charge is 0.106 e. The average molecular weight is 270 g/mol. The number of hydrogen-bond acceptors (Lipinski definition) is 2. The Morgan fingerprint density at radius 2 is 1.95 bits per heavy atom. The number of thiocarbonyl (C=S) groups is 1. The summed E-state index contributed by atoms with van der Waals surface area (Å²) < 4.78 is 0.